The first-order chi connectivity index (χ1) is 9.61. The molecule has 0 saturated carbocycles. The molecular weight excluding hydrogens is 285 g/mol. The Balaban J connectivity index is 2.99. The van der Waals surface area contributed by atoms with Crippen LogP contribution in [0.5, 0.6) is 0 Å². The second-order valence-corrected chi connectivity index (χ2v) is 5.41. The Bertz CT molecular complexity index is 501. The van der Waals surface area contributed by atoms with Crippen LogP contribution in [0.25, 0.3) is 0 Å². The van der Waals surface area contributed by atoms with Crippen LogP contribution in [0.4, 0.5) is 19.0 Å². The molecule has 1 aromatic heterocycles. The molecule has 1 rings (SSSR count). The number of carboxylic acids is 1. The number of nitrogens with one attached hydrogen (secondary N) is 1. The maximum atomic E-state index is 12.7. The van der Waals surface area contributed by atoms with Crippen LogP contribution in [-0.4, -0.2) is 22.1 Å². The lowest BCUT2D eigenvalue weighted by Gasteiger charge is -2.18. The fourth-order valence-corrected chi connectivity index (χ4v) is 1.79. The van der Waals surface area contributed by atoms with Gasteiger partial charge in [0.25, 0.3) is 0 Å². The third-order valence-corrected chi connectivity index (χ3v) is 2.98. The molecule has 0 aromatic carbocycles. The zero-order valence-electron chi connectivity index (χ0n) is 12.2. The van der Waals surface area contributed by atoms with E-state index in [2.05, 4.69) is 10.3 Å². The van der Waals surface area contributed by atoms with Crippen LogP contribution in [0.3, 0.4) is 0 Å². The number of anilines is 1. The summed E-state index contributed by atoms with van der Waals surface area (Å²) in [4.78, 5) is 14.5. The molecule has 0 amide bonds. The van der Waals surface area contributed by atoms with E-state index >= 15 is 0 Å². The Labute approximate surface area is 121 Å². The van der Waals surface area contributed by atoms with E-state index in [4.69, 9.17) is 5.11 Å². The Morgan fingerprint density at radius 3 is 2.38 bits per heavy atom. The summed E-state index contributed by atoms with van der Waals surface area (Å²) in [5.41, 5.74) is -1.37. The summed E-state index contributed by atoms with van der Waals surface area (Å²) in [6.45, 7) is 5.87. The molecule has 0 aliphatic rings. The Morgan fingerprint density at radius 2 is 1.90 bits per heavy atom. The quantitative estimate of drug-likeness (QED) is 0.832. The number of aromatic nitrogens is 1. The van der Waals surface area contributed by atoms with Crippen molar-refractivity contribution in [1.29, 1.82) is 0 Å². The number of alkyl halides is 3. The molecule has 21 heavy (non-hydrogen) atoms. The van der Waals surface area contributed by atoms with Crippen molar-refractivity contribution >= 4 is 11.8 Å². The summed E-state index contributed by atoms with van der Waals surface area (Å²) in [6.07, 6.45) is -3.00. The molecule has 1 aromatic rings. The number of carbonyl (C=O) groups is 1. The van der Waals surface area contributed by atoms with Crippen LogP contribution in [0, 0.1) is 5.92 Å². The maximum Gasteiger partial charge on any atom is 0.433 e. The molecule has 2 N–H and O–H groups in total. The number of nitrogens with zero attached hydrogens (tertiary/aromatic N) is 1. The minimum absolute atomic E-state index is 0.165. The molecule has 0 fully saturated rings. The van der Waals surface area contributed by atoms with Crippen molar-refractivity contribution in [2.45, 2.75) is 45.8 Å². The normalized spacial score (nSPS) is 13.3. The van der Waals surface area contributed by atoms with Gasteiger partial charge >= 0.3 is 12.1 Å². The average molecular weight is 304 g/mol. The fourth-order valence-electron chi connectivity index (χ4n) is 1.79. The van der Waals surface area contributed by atoms with Crippen molar-refractivity contribution < 1.29 is 23.1 Å². The molecule has 0 aliphatic heterocycles. The van der Waals surface area contributed by atoms with Crippen molar-refractivity contribution in [1.82, 2.24) is 4.98 Å². The van der Waals surface area contributed by atoms with Gasteiger partial charge in [0.2, 0.25) is 0 Å². The lowest BCUT2D eigenvalue weighted by atomic mass is 10.0. The van der Waals surface area contributed by atoms with E-state index < -0.39 is 17.8 Å². The predicted octanol–water partition coefficient (Wildman–Crippen LogP) is 4.04. The molecule has 118 valence electrons. The second kappa shape index (κ2) is 6.78. The topological polar surface area (TPSA) is 62.2 Å². The van der Waals surface area contributed by atoms with Gasteiger partial charge in [0.1, 0.15) is 17.1 Å². The van der Waals surface area contributed by atoms with Gasteiger partial charge in [-0.25, -0.2) is 9.78 Å². The van der Waals surface area contributed by atoms with Gasteiger partial charge in [-0.1, -0.05) is 13.8 Å². The third kappa shape index (κ3) is 5.24. The number of halogens is 3. The molecular formula is C14H19F3N2O2. The molecule has 0 spiro atoms. The number of hydrogen-bond donors (Lipinski definition) is 2. The predicted molar refractivity (Wildman–Crippen MR) is 73.4 cm³/mol. The van der Waals surface area contributed by atoms with Crippen LogP contribution in [0.2, 0.25) is 0 Å². The summed E-state index contributed by atoms with van der Waals surface area (Å²) < 4.78 is 38.0. The van der Waals surface area contributed by atoms with E-state index in [9.17, 15) is 18.0 Å². The van der Waals surface area contributed by atoms with E-state index in [-0.39, 0.29) is 17.4 Å². The molecule has 1 atom stereocenters. The summed E-state index contributed by atoms with van der Waals surface area (Å²) in [5, 5.41) is 11.8. The Morgan fingerprint density at radius 1 is 1.29 bits per heavy atom. The first-order valence-corrected chi connectivity index (χ1v) is 6.69. The van der Waals surface area contributed by atoms with Gasteiger partial charge in [-0.2, -0.15) is 13.2 Å². The van der Waals surface area contributed by atoms with Crippen LogP contribution >= 0.6 is 0 Å². The number of rotatable bonds is 6. The van der Waals surface area contributed by atoms with Crippen molar-refractivity contribution in [3.63, 3.8) is 0 Å². The zero-order chi connectivity index (χ0) is 16.2. The average Bonchev–Trinajstić information content (AvgIpc) is 2.34. The van der Waals surface area contributed by atoms with E-state index in [1.807, 2.05) is 13.8 Å². The van der Waals surface area contributed by atoms with Crippen LogP contribution in [0.1, 0.15) is 49.7 Å². The van der Waals surface area contributed by atoms with E-state index in [0.717, 1.165) is 12.5 Å². The number of carboxylic acid groups (broad SMARTS) is 1. The van der Waals surface area contributed by atoms with Crippen LogP contribution < -0.4 is 5.32 Å². The first-order valence-electron chi connectivity index (χ1n) is 6.69. The highest BCUT2D eigenvalue weighted by Gasteiger charge is 2.33. The molecule has 0 radical (unpaired) electrons. The molecule has 4 nitrogen and oxygen atoms in total. The summed E-state index contributed by atoms with van der Waals surface area (Å²) in [5.74, 6) is -1.09. The largest absolute Gasteiger partial charge is 0.478 e. The highest BCUT2D eigenvalue weighted by molar-refractivity contribution is 5.93. The number of hydrogen-bond acceptors (Lipinski definition) is 3. The van der Waals surface area contributed by atoms with Gasteiger partial charge in [0.15, 0.2) is 0 Å². The van der Waals surface area contributed by atoms with Crippen molar-refractivity contribution in [2.75, 3.05) is 5.32 Å². The first kappa shape index (κ1) is 17.3. The molecule has 0 aliphatic carbocycles. The number of pyridine rings is 1. The van der Waals surface area contributed by atoms with Crippen LogP contribution in [0.15, 0.2) is 12.1 Å². The van der Waals surface area contributed by atoms with Gasteiger partial charge in [-0.15, -0.1) is 0 Å². The minimum atomic E-state index is -4.60. The van der Waals surface area contributed by atoms with Crippen molar-refractivity contribution in [3.05, 3.63) is 23.4 Å². The molecule has 7 heteroatoms. The van der Waals surface area contributed by atoms with Crippen molar-refractivity contribution in [2.24, 2.45) is 5.92 Å². The summed E-state index contributed by atoms with van der Waals surface area (Å²) in [7, 11) is 0. The van der Waals surface area contributed by atoms with E-state index in [0.29, 0.717) is 18.4 Å². The summed E-state index contributed by atoms with van der Waals surface area (Å²) >= 11 is 0. The highest BCUT2D eigenvalue weighted by Crippen LogP contribution is 2.29. The third-order valence-electron chi connectivity index (χ3n) is 2.98. The van der Waals surface area contributed by atoms with Gasteiger partial charge in [-0.3, -0.25) is 0 Å². The highest BCUT2D eigenvalue weighted by atomic mass is 19.4. The molecule has 1 unspecified atom stereocenters. The molecule has 0 bridgehead atoms. The standard InChI is InChI=1S/C14H19F3N2O2/c1-8(2)4-5-9(3)18-12-10(13(20)21)6-7-11(19-12)14(15,16)17/h6-9H,4-5H2,1-3H3,(H,18,19)(H,20,21). The lowest BCUT2D eigenvalue weighted by molar-refractivity contribution is -0.141. The zero-order valence-corrected chi connectivity index (χ0v) is 12.2. The van der Waals surface area contributed by atoms with Gasteiger partial charge in [0, 0.05) is 6.04 Å². The van der Waals surface area contributed by atoms with Crippen molar-refractivity contribution in [3.8, 4) is 0 Å². The minimum Gasteiger partial charge on any atom is -0.478 e. The van der Waals surface area contributed by atoms with Gasteiger partial charge < -0.3 is 10.4 Å². The lowest BCUT2D eigenvalue weighted by Crippen LogP contribution is -2.21. The Hall–Kier alpha value is -1.79. The van der Waals surface area contributed by atoms with E-state index in [1.54, 1.807) is 6.92 Å². The van der Waals surface area contributed by atoms with Crippen LogP contribution in [-0.2, 0) is 6.18 Å². The van der Waals surface area contributed by atoms with Gasteiger partial charge in [0.05, 0.1) is 0 Å². The number of aromatic carboxylic acids is 1. The Kier molecular flexibility index (Phi) is 5.57. The monoisotopic (exact) mass is 304 g/mol. The smallest absolute Gasteiger partial charge is 0.433 e. The van der Waals surface area contributed by atoms with E-state index in [1.165, 1.54) is 0 Å². The summed E-state index contributed by atoms with van der Waals surface area (Å²) in [6, 6.07) is 1.43. The maximum absolute atomic E-state index is 12.7. The van der Waals surface area contributed by atoms with Gasteiger partial charge in [-0.05, 0) is 37.8 Å². The SMILES string of the molecule is CC(C)CCC(C)Nc1nc(C(F)(F)F)ccc1C(=O)O. The fraction of sp³-hybridized carbons (Fsp3) is 0.571. The molecule has 0 saturated heterocycles. The molecule has 1 heterocycles. The second-order valence-electron chi connectivity index (χ2n) is 5.41.